The van der Waals surface area contributed by atoms with Gasteiger partial charge in [0.25, 0.3) is 5.91 Å². The van der Waals surface area contributed by atoms with Gasteiger partial charge in [-0.3, -0.25) is 9.59 Å². The molecule has 1 atom stereocenters. The minimum absolute atomic E-state index is 0.00180. The van der Waals surface area contributed by atoms with E-state index in [1.807, 2.05) is 28.0 Å². The molecule has 0 bridgehead atoms. The summed E-state index contributed by atoms with van der Waals surface area (Å²) in [6, 6.07) is 15.4. The molecule has 0 saturated carbocycles. The first-order valence-corrected chi connectivity index (χ1v) is 12.8. The summed E-state index contributed by atoms with van der Waals surface area (Å²) >= 11 is 0. The van der Waals surface area contributed by atoms with Crippen LogP contribution >= 0.6 is 0 Å². The molecular formula is C28H37N3O4. The van der Waals surface area contributed by atoms with Crippen molar-refractivity contribution in [2.75, 3.05) is 44.2 Å². The Kier molecular flexibility index (Phi) is 8.42. The number of para-hydroxylation sites is 1. The molecule has 2 aromatic rings. The largest absolute Gasteiger partial charge is 0.491 e. The van der Waals surface area contributed by atoms with Gasteiger partial charge < -0.3 is 24.5 Å². The zero-order chi connectivity index (χ0) is 24.8. The third-order valence-electron chi connectivity index (χ3n) is 7.15. The number of aliphatic hydroxyl groups is 1. The number of likely N-dealkylation sites (tertiary alicyclic amines) is 1. The van der Waals surface area contributed by atoms with E-state index in [0.717, 1.165) is 38.0 Å². The highest BCUT2D eigenvalue weighted by Gasteiger charge is 2.33. The van der Waals surface area contributed by atoms with Crippen LogP contribution in [0.3, 0.4) is 0 Å². The van der Waals surface area contributed by atoms with Crippen molar-refractivity contribution >= 4 is 17.5 Å². The zero-order valence-electron chi connectivity index (χ0n) is 20.9. The van der Waals surface area contributed by atoms with Crippen molar-refractivity contribution in [3.8, 4) is 5.75 Å². The van der Waals surface area contributed by atoms with Gasteiger partial charge in [-0.2, -0.15) is 0 Å². The molecule has 1 unspecified atom stereocenters. The fourth-order valence-corrected chi connectivity index (χ4v) is 5.08. The van der Waals surface area contributed by atoms with Crippen LogP contribution in [-0.2, 0) is 11.2 Å². The quantitative estimate of drug-likeness (QED) is 0.597. The van der Waals surface area contributed by atoms with Gasteiger partial charge in [-0.25, -0.2) is 0 Å². The summed E-state index contributed by atoms with van der Waals surface area (Å²) in [5.74, 6) is 0.828. The van der Waals surface area contributed by atoms with Crippen LogP contribution in [-0.4, -0.2) is 78.2 Å². The average Bonchev–Trinajstić information content (AvgIpc) is 2.90. The molecule has 2 aliphatic heterocycles. The molecule has 2 amide bonds. The molecule has 1 saturated heterocycles. The van der Waals surface area contributed by atoms with E-state index in [4.69, 9.17) is 4.74 Å². The smallest absolute Gasteiger partial charge is 0.253 e. The number of nitrogens with zero attached hydrogens (tertiary/aromatic N) is 3. The van der Waals surface area contributed by atoms with Crippen molar-refractivity contribution in [2.45, 2.75) is 51.7 Å². The number of benzene rings is 2. The van der Waals surface area contributed by atoms with Crippen molar-refractivity contribution < 1.29 is 19.4 Å². The van der Waals surface area contributed by atoms with Gasteiger partial charge >= 0.3 is 0 Å². The summed E-state index contributed by atoms with van der Waals surface area (Å²) < 4.78 is 5.72. The predicted molar refractivity (Wildman–Crippen MR) is 137 cm³/mol. The Bertz CT molecular complexity index is 998. The second kappa shape index (κ2) is 11.7. The summed E-state index contributed by atoms with van der Waals surface area (Å²) in [7, 11) is 0. The third kappa shape index (κ3) is 6.03. The van der Waals surface area contributed by atoms with Crippen LogP contribution in [0.5, 0.6) is 5.75 Å². The minimum atomic E-state index is -0.559. The molecule has 0 spiro atoms. The van der Waals surface area contributed by atoms with Gasteiger partial charge in [0.15, 0.2) is 0 Å². The molecule has 0 radical (unpaired) electrons. The van der Waals surface area contributed by atoms with Gasteiger partial charge in [0.05, 0.1) is 0 Å². The number of hydrogen-bond donors (Lipinski definition) is 1. The molecule has 7 nitrogen and oxygen atoms in total. The van der Waals surface area contributed by atoms with E-state index in [1.165, 1.54) is 5.56 Å². The third-order valence-corrected chi connectivity index (χ3v) is 7.15. The van der Waals surface area contributed by atoms with Crippen LogP contribution in [0.25, 0.3) is 0 Å². The van der Waals surface area contributed by atoms with Crippen molar-refractivity contribution in [3.05, 3.63) is 59.7 Å². The maximum absolute atomic E-state index is 13.1. The van der Waals surface area contributed by atoms with Gasteiger partial charge in [-0.15, -0.1) is 0 Å². The van der Waals surface area contributed by atoms with Crippen LogP contribution in [0.2, 0.25) is 0 Å². The number of carbonyl (C=O) groups is 2. The Hall–Kier alpha value is -2.90. The van der Waals surface area contributed by atoms with E-state index in [1.54, 1.807) is 24.3 Å². The lowest BCUT2D eigenvalue weighted by atomic mass is 9.95. The molecule has 1 N–H and O–H groups in total. The number of aryl methyl sites for hydroxylation is 1. The molecule has 0 aromatic heterocycles. The van der Waals surface area contributed by atoms with Gasteiger partial charge in [0.1, 0.15) is 18.5 Å². The maximum atomic E-state index is 13.1. The number of aliphatic hydroxyl groups excluding tert-OH is 1. The van der Waals surface area contributed by atoms with Crippen LogP contribution in [0, 0.1) is 0 Å². The number of ether oxygens (including phenoxy) is 1. The highest BCUT2D eigenvalue weighted by molar-refractivity contribution is 5.97. The van der Waals surface area contributed by atoms with E-state index < -0.39 is 6.10 Å². The normalized spacial score (nSPS) is 17.4. The molecule has 1 fully saturated rings. The second-order valence-corrected chi connectivity index (χ2v) is 9.39. The van der Waals surface area contributed by atoms with E-state index in [0.29, 0.717) is 37.4 Å². The Morgan fingerprint density at radius 3 is 2.43 bits per heavy atom. The molecule has 2 heterocycles. The van der Waals surface area contributed by atoms with Gasteiger partial charge in [-0.1, -0.05) is 32.0 Å². The first-order chi connectivity index (χ1) is 17.0. The van der Waals surface area contributed by atoms with Gasteiger partial charge in [0.2, 0.25) is 5.91 Å². The number of anilines is 1. The number of piperidine rings is 1. The Morgan fingerprint density at radius 1 is 1.06 bits per heavy atom. The van der Waals surface area contributed by atoms with Crippen LogP contribution < -0.4 is 9.64 Å². The molecule has 2 aromatic carbocycles. The summed E-state index contributed by atoms with van der Waals surface area (Å²) in [6.07, 6.45) is 2.35. The summed E-state index contributed by atoms with van der Waals surface area (Å²) in [4.78, 5) is 31.8. The topological polar surface area (TPSA) is 73.3 Å². The van der Waals surface area contributed by atoms with Gasteiger partial charge in [0, 0.05) is 43.3 Å². The second-order valence-electron chi connectivity index (χ2n) is 9.39. The Morgan fingerprint density at radius 2 is 1.74 bits per heavy atom. The molecular weight excluding hydrogens is 442 g/mol. The lowest BCUT2D eigenvalue weighted by Crippen LogP contribution is -2.50. The average molecular weight is 480 g/mol. The lowest BCUT2D eigenvalue weighted by molar-refractivity contribution is -0.119. The van der Waals surface area contributed by atoms with Gasteiger partial charge in [-0.05, 0) is 68.2 Å². The molecule has 188 valence electrons. The number of hydrogen-bond acceptors (Lipinski definition) is 5. The summed E-state index contributed by atoms with van der Waals surface area (Å²) in [5.41, 5.74) is 2.89. The van der Waals surface area contributed by atoms with Crippen molar-refractivity contribution in [1.29, 1.82) is 0 Å². The summed E-state index contributed by atoms with van der Waals surface area (Å²) in [6.45, 7) is 7.98. The van der Waals surface area contributed by atoms with Crippen molar-refractivity contribution in [2.24, 2.45) is 0 Å². The van der Waals surface area contributed by atoms with Crippen LogP contribution in [0.15, 0.2) is 48.5 Å². The van der Waals surface area contributed by atoms with Crippen LogP contribution in [0.1, 0.15) is 49.0 Å². The fourth-order valence-electron chi connectivity index (χ4n) is 5.08. The number of rotatable bonds is 9. The fraction of sp³-hybridized carbons (Fsp3) is 0.500. The molecule has 0 aliphatic carbocycles. The standard InChI is InChI=1S/C28H37N3O4/c1-3-29(4-2)19-24(32)20-35-25-12-9-22(10-13-25)28(34)30-17-15-23(16-18-30)31-26-8-6-5-7-21(26)11-14-27(31)33/h5-10,12-13,23-24,32H,3-4,11,14-20H2,1-2H3. The predicted octanol–water partition coefficient (Wildman–Crippen LogP) is 3.35. The number of fused-ring (bicyclic) bond motifs is 1. The molecule has 7 heteroatoms. The molecule has 35 heavy (non-hydrogen) atoms. The minimum Gasteiger partial charge on any atom is -0.491 e. The van der Waals surface area contributed by atoms with Crippen molar-refractivity contribution in [3.63, 3.8) is 0 Å². The highest BCUT2D eigenvalue weighted by Crippen LogP contribution is 2.32. The zero-order valence-corrected chi connectivity index (χ0v) is 20.9. The lowest BCUT2D eigenvalue weighted by Gasteiger charge is -2.41. The summed E-state index contributed by atoms with van der Waals surface area (Å²) in [5, 5.41) is 10.2. The van der Waals surface area contributed by atoms with E-state index in [2.05, 4.69) is 24.8 Å². The highest BCUT2D eigenvalue weighted by atomic mass is 16.5. The van der Waals surface area contributed by atoms with E-state index in [9.17, 15) is 14.7 Å². The maximum Gasteiger partial charge on any atom is 0.253 e. The monoisotopic (exact) mass is 479 g/mol. The molecule has 2 aliphatic rings. The number of amides is 2. The first-order valence-electron chi connectivity index (χ1n) is 12.8. The Balaban J connectivity index is 1.29. The van der Waals surface area contributed by atoms with Crippen molar-refractivity contribution in [1.82, 2.24) is 9.80 Å². The number of carbonyl (C=O) groups excluding carboxylic acids is 2. The first kappa shape index (κ1) is 25.2. The SMILES string of the molecule is CCN(CC)CC(O)COc1ccc(C(=O)N2CCC(N3C(=O)CCc4ccccc43)CC2)cc1. The Labute approximate surface area is 208 Å². The van der Waals surface area contributed by atoms with E-state index in [-0.39, 0.29) is 24.5 Å². The van der Waals surface area contributed by atoms with Crippen LogP contribution in [0.4, 0.5) is 5.69 Å². The number of likely N-dealkylation sites (N-methyl/N-ethyl adjacent to an activating group) is 1. The molecule has 4 rings (SSSR count). The van der Waals surface area contributed by atoms with E-state index >= 15 is 0 Å².